The number of hydrogen-bond donors (Lipinski definition) is 1. The molecule has 0 aliphatic heterocycles. The lowest BCUT2D eigenvalue weighted by Gasteiger charge is -2.18. The summed E-state index contributed by atoms with van der Waals surface area (Å²) < 4.78 is 12.8. The molecule has 0 radical (unpaired) electrons. The van der Waals surface area contributed by atoms with E-state index in [0.717, 1.165) is 22.4 Å². The number of anilines is 1. The molecule has 0 saturated heterocycles. The molecule has 0 unspecified atom stereocenters. The molecule has 0 bridgehead atoms. The Morgan fingerprint density at radius 3 is 2.38 bits per heavy atom. The summed E-state index contributed by atoms with van der Waals surface area (Å²) in [5.41, 5.74) is 4.05. The number of nitrogens with one attached hydrogen (secondary N) is 1. The molecule has 1 heterocycles. The normalized spacial score (nSPS) is 11.4. The smallest absolute Gasteiger partial charge is 0.282 e. The van der Waals surface area contributed by atoms with Crippen LogP contribution in [0.1, 0.15) is 43.4 Å². The SMILES string of the molecule is CCOc1cc(C)c(-c2nc3ccccc3c(=O)n2N=Cc2cc(Cl)c(OCC(=O)Nc3ccccc3)c(Cl)c2)cc1C(C)C. The van der Waals surface area contributed by atoms with Gasteiger partial charge >= 0.3 is 0 Å². The standard InChI is InChI=1S/C35H32Cl2N4O4/c1-5-44-31-15-22(4)27(18-26(31)21(2)3)34-40-30-14-10-9-13-25(30)35(43)41(34)38-19-23-16-28(36)33(29(37)17-23)45-20-32(42)39-24-11-7-6-8-12-24/h6-19,21H,5,20H2,1-4H3,(H,39,42). The highest BCUT2D eigenvalue weighted by Crippen LogP contribution is 2.35. The first-order valence-electron chi connectivity index (χ1n) is 14.5. The zero-order chi connectivity index (χ0) is 32.1. The maximum Gasteiger partial charge on any atom is 0.282 e. The van der Waals surface area contributed by atoms with Crippen LogP contribution in [0.5, 0.6) is 11.5 Å². The summed E-state index contributed by atoms with van der Waals surface area (Å²) in [6.07, 6.45) is 1.48. The Morgan fingerprint density at radius 1 is 1.00 bits per heavy atom. The van der Waals surface area contributed by atoms with Gasteiger partial charge in [-0.1, -0.05) is 67.4 Å². The minimum absolute atomic E-state index is 0.162. The van der Waals surface area contributed by atoms with Gasteiger partial charge in [0, 0.05) is 11.3 Å². The monoisotopic (exact) mass is 642 g/mol. The van der Waals surface area contributed by atoms with Crippen LogP contribution in [-0.2, 0) is 4.79 Å². The maximum absolute atomic E-state index is 13.8. The zero-order valence-corrected chi connectivity index (χ0v) is 26.8. The lowest BCUT2D eigenvalue weighted by molar-refractivity contribution is -0.118. The van der Waals surface area contributed by atoms with Gasteiger partial charge in [-0.3, -0.25) is 9.59 Å². The highest BCUT2D eigenvalue weighted by Gasteiger charge is 2.19. The number of para-hydroxylation sites is 2. The van der Waals surface area contributed by atoms with Crippen LogP contribution in [0.15, 0.2) is 88.8 Å². The van der Waals surface area contributed by atoms with E-state index in [4.69, 9.17) is 37.7 Å². The number of aromatic nitrogens is 2. The van der Waals surface area contributed by atoms with Crippen LogP contribution in [0.25, 0.3) is 22.3 Å². The predicted octanol–water partition coefficient (Wildman–Crippen LogP) is 8.10. The second-order valence-electron chi connectivity index (χ2n) is 10.6. The van der Waals surface area contributed by atoms with Gasteiger partial charge in [0.25, 0.3) is 11.5 Å². The van der Waals surface area contributed by atoms with E-state index in [9.17, 15) is 9.59 Å². The van der Waals surface area contributed by atoms with Crippen molar-refractivity contribution in [2.75, 3.05) is 18.5 Å². The van der Waals surface area contributed by atoms with Crippen LogP contribution in [-0.4, -0.2) is 35.0 Å². The van der Waals surface area contributed by atoms with Crippen LogP contribution < -0.4 is 20.3 Å². The lowest BCUT2D eigenvalue weighted by Crippen LogP contribution is -2.21. The van der Waals surface area contributed by atoms with Gasteiger partial charge in [0.15, 0.2) is 18.2 Å². The van der Waals surface area contributed by atoms with Gasteiger partial charge < -0.3 is 14.8 Å². The second-order valence-corrected chi connectivity index (χ2v) is 11.4. The first-order valence-corrected chi connectivity index (χ1v) is 15.2. The highest BCUT2D eigenvalue weighted by atomic mass is 35.5. The zero-order valence-electron chi connectivity index (χ0n) is 25.3. The molecule has 5 rings (SSSR count). The number of benzene rings is 4. The molecule has 1 N–H and O–H groups in total. The average molecular weight is 644 g/mol. The van der Waals surface area contributed by atoms with Gasteiger partial charge in [0.2, 0.25) is 0 Å². The van der Waals surface area contributed by atoms with Crippen molar-refractivity contribution in [3.8, 4) is 22.9 Å². The summed E-state index contributed by atoms with van der Waals surface area (Å²) in [4.78, 5) is 31.0. The van der Waals surface area contributed by atoms with E-state index in [0.29, 0.717) is 34.6 Å². The molecule has 45 heavy (non-hydrogen) atoms. The van der Waals surface area contributed by atoms with Crippen molar-refractivity contribution in [2.45, 2.75) is 33.6 Å². The minimum atomic E-state index is -0.361. The van der Waals surface area contributed by atoms with Gasteiger partial charge in [-0.05, 0) is 85.0 Å². The Bertz CT molecular complexity index is 1930. The molecular formula is C35H32Cl2N4O4. The molecular weight excluding hydrogens is 611 g/mol. The number of aryl methyl sites for hydroxylation is 1. The van der Waals surface area contributed by atoms with Crippen molar-refractivity contribution in [2.24, 2.45) is 5.10 Å². The van der Waals surface area contributed by atoms with Crippen molar-refractivity contribution in [1.29, 1.82) is 0 Å². The van der Waals surface area contributed by atoms with Crippen molar-refractivity contribution < 1.29 is 14.3 Å². The number of halogens is 2. The predicted molar refractivity (Wildman–Crippen MR) is 181 cm³/mol. The van der Waals surface area contributed by atoms with Crippen molar-refractivity contribution >= 4 is 51.9 Å². The number of amides is 1. The Labute approximate surface area is 271 Å². The summed E-state index contributed by atoms with van der Waals surface area (Å²) in [5, 5.41) is 8.12. The fourth-order valence-electron chi connectivity index (χ4n) is 4.85. The van der Waals surface area contributed by atoms with E-state index in [2.05, 4.69) is 24.3 Å². The minimum Gasteiger partial charge on any atom is -0.494 e. The van der Waals surface area contributed by atoms with E-state index in [1.165, 1.54) is 10.9 Å². The fourth-order valence-corrected chi connectivity index (χ4v) is 5.46. The maximum atomic E-state index is 13.8. The van der Waals surface area contributed by atoms with Crippen LogP contribution >= 0.6 is 23.2 Å². The van der Waals surface area contributed by atoms with Gasteiger partial charge in [0.05, 0.1) is 33.8 Å². The van der Waals surface area contributed by atoms with Crippen LogP contribution in [0, 0.1) is 6.92 Å². The number of fused-ring (bicyclic) bond motifs is 1. The molecule has 10 heteroatoms. The Morgan fingerprint density at radius 2 is 1.69 bits per heavy atom. The van der Waals surface area contributed by atoms with Crippen LogP contribution in [0.3, 0.4) is 0 Å². The fraction of sp³-hybridized carbons (Fsp3) is 0.200. The summed E-state index contributed by atoms with van der Waals surface area (Å²) in [7, 11) is 0. The first kappa shape index (κ1) is 31.8. The Hall–Kier alpha value is -4.66. The highest BCUT2D eigenvalue weighted by molar-refractivity contribution is 6.37. The van der Waals surface area contributed by atoms with Gasteiger partial charge in [-0.15, -0.1) is 0 Å². The summed E-state index contributed by atoms with van der Waals surface area (Å²) in [6.45, 7) is 8.33. The molecule has 0 aliphatic carbocycles. The van der Waals surface area contributed by atoms with Crippen LogP contribution in [0.4, 0.5) is 5.69 Å². The number of carbonyl (C=O) groups is 1. The topological polar surface area (TPSA) is 94.8 Å². The quantitative estimate of drug-likeness (QED) is 0.155. The largest absolute Gasteiger partial charge is 0.494 e. The lowest BCUT2D eigenvalue weighted by atomic mass is 9.96. The average Bonchev–Trinajstić information content (AvgIpc) is 3.01. The number of nitrogens with zero attached hydrogens (tertiary/aromatic N) is 3. The molecule has 0 aliphatic rings. The molecule has 1 amide bonds. The summed E-state index contributed by atoms with van der Waals surface area (Å²) in [5.74, 6) is 1.16. The van der Waals surface area contributed by atoms with Crippen molar-refractivity contribution in [1.82, 2.24) is 9.66 Å². The molecule has 8 nitrogen and oxygen atoms in total. The van der Waals surface area contributed by atoms with Crippen LogP contribution in [0.2, 0.25) is 10.0 Å². The first-order chi connectivity index (χ1) is 21.7. The van der Waals surface area contributed by atoms with E-state index < -0.39 is 0 Å². The number of carbonyl (C=O) groups excluding carboxylic acids is 1. The van der Waals surface area contributed by atoms with E-state index in [-0.39, 0.29) is 39.8 Å². The third-order valence-electron chi connectivity index (χ3n) is 7.02. The molecule has 0 spiro atoms. The van der Waals surface area contributed by atoms with E-state index in [1.54, 1.807) is 42.5 Å². The second kappa shape index (κ2) is 14.0. The molecule has 4 aromatic carbocycles. The molecule has 1 aromatic heterocycles. The van der Waals surface area contributed by atoms with Gasteiger partial charge in [-0.25, -0.2) is 4.98 Å². The number of ether oxygens (including phenoxy) is 2. The summed E-state index contributed by atoms with van der Waals surface area (Å²) in [6, 6.07) is 23.4. The van der Waals surface area contributed by atoms with Gasteiger partial charge in [-0.2, -0.15) is 9.78 Å². The van der Waals surface area contributed by atoms with Crippen molar-refractivity contribution in [3.63, 3.8) is 0 Å². The molecule has 5 aromatic rings. The van der Waals surface area contributed by atoms with Gasteiger partial charge in [0.1, 0.15) is 5.75 Å². The number of rotatable bonds is 10. The van der Waals surface area contributed by atoms with Crippen molar-refractivity contribution in [3.05, 3.63) is 116 Å². The Balaban J connectivity index is 1.50. The third kappa shape index (κ3) is 7.19. The third-order valence-corrected chi connectivity index (χ3v) is 7.58. The molecule has 0 atom stereocenters. The van der Waals surface area contributed by atoms with E-state index in [1.807, 2.05) is 50.2 Å². The molecule has 0 fully saturated rings. The van der Waals surface area contributed by atoms with E-state index >= 15 is 0 Å². The molecule has 0 saturated carbocycles. The summed E-state index contributed by atoms with van der Waals surface area (Å²) >= 11 is 13.0. The number of hydrogen-bond acceptors (Lipinski definition) is 6. The Kier molecular flexibility index (Phi) is 9.86. The molecule has 230 valence electrons.